The summed E-state index contributed by atoms with van der Waals surface area (Å²) < 4.78 is 54.0. The fraction of sp³-hybridized carbons (Fsp3) is 0.333. The lowest BCUT2D eigenvalue weighted by Crippen LogP contribution is -2.39. The summed E-state index contributed by atoms with van der Waals surface area (Å²) in [5, 5.41) is 24.1. The lowest BCUT2D eigenvalue weighted by atomic mass is 9.88. The molecule has 298 valence electrons. The largest absolute Gasteiger partial charge is 0.497 e. The van der Waals surface area contributed by atoms with Gasteiger partial charge < -0.3 is 29.8 Å². The van der Waals surface area contributed by atoms with Crippen LogP contribution in [0.25, 0.3) is 11.4 Å². The molecule has 4 aromatic carbocycles. The molecule has 0 saturated carbocycles. The second kappa shape index (κ2) is 18.7. The number of rotatable bonds is 17. The number of aliphatic hydroxyl groups is 1. The molecule has 0 fully saturated rings. The molecule has 1 unspecified atom stereocenters. The molecule has 14 nitrogen and oxygen atoms in total. The van der Waals surface area contributed by atoms with Crippen LogP contribution < -0.4 is 19.9 Å². The Morgan fingerprint density at radius 3 is 1.82 bits per heavy atom. The summed E-state index contributed by atoms with van der Waals surface area (Å²) in [5.74, 6) is 2.07. The molecule has 5 rings (SSSR count). The summed E-state index contributed by atoms with van der Waals surface area (Å²) >= 11 is 3.25. The van der Waals surface area contributed by atoms with Crippen molar-refractivity contribution < 1.29 is 37.3 Å². The summed E-state index contributed by atoms with van der Waals surface area (Å²) in [6, 6.07) is 25.3. The Kier molecular flexibility index (Phi) is 14.2. The van der Waals surface area contributed by atoms with Crippen molar-refractivity contribution in [1.29, 1.82) is 0 Å². The Balaban J connectivity index is 1.68. The van der Waals surface area contributed by atoms with Gasteiger partial charge in [0.1, 0.15) is 34.9 Å². The van der Waals surface area contributed by atoms with Crippen molar-refractivity contribution in [2.24, 2.45) is 11.1 Å². The first-order valence-electron chi connectivity index (χ1n) is 17.4. The molecule has 1 heterocycles. The minimum atomic E-state index is -4.43. The zero-order valence-corrected chi connectivity index (χ0v) is 35.7. The Morgan fingerprint density at radius 1 is 0.857 bits per heavy atom. The van der Waals surface area contributed by atoms with Gasteiger partial charge in [0.05, 0.1) is 33.4 Å². The van der Waals surface area contributed by atoms with E-state index in [4.69, 9.17) is 24.7 Å². The average Bonchev–Trinajstić information content (AvgIpc) is 3.64. The monoisotopic (exact) mass is 916 g/mol. The molecule has 0 spiro atoms. The first-order chi connectivity index (χ1) is 26.6. The third kappa shape index (κ3) is 10.7. The van der Waals surface area contributed by atoms with Crippen LogP contribution in [-0.4, -0.2) is 83.4 Å². The lowest BCUT2D eigenvalue weighted by Gasteiger charge is -2.34. The van der Waals surface area contributed by atoms with Crippen molar-refractivity contribution in [1.82, 2.24) is 24.5 Å². The highest BCUT2D eigenvalue weighted by Gasteiger charge is 2.38. The second-order valence-corrected chi connectivity index (χ2v) is 18.0. The number of methoxy groups -OCH3 is 3. The summed E-state index contributed by atoms with van der Waals surface area (Å²) in [7, 11) is 0.290. The van der Waals surface area contributed by atoms with Crippen molar-refractivity contribution in [3.8, 4) is 28.6 Å². The van der Waals surface area contributed by atoms with Crippen molar-refractivity contribution in [3.05, 3.63) is 105 Å². The standard InChI is InChI=1S/C39H45IN6O8S2/c1-39(2,3)36(32(47)24-54-38(41)48)55-33-20-19-31(40)34(37-42-44-46(43-37)23-27-11-17-30(53-6)18-12-27)35(33)56(49,50)45(21-25-7-13-28(51-4)14-8-25)22-26-9-15-29(52-5)16-10-26/h7-20,32,36,47H,21-24H2,1-6H3,(H2,41,48)/t32-,36?/m0/s1. The molecule has 0 saturated heterocycles. The fourth-order valence-electron chi connectivity index (χ4n) is 5.85. The number of nitrogens with two attached hydrogens (primary N) is 1. The molecule has 56 heavy (non-hydrogen) atoms. The van der Waals surface area contributed by atoms with Crippen LogP contribution in [0, 0.1) is 8.99 Å². The van der Waals surface area contributed by atoms with Gasteiger partial charge >= 0.3 is 6.09 Å². The van der Waals surface area contributed by atoms with E-state index >= 15 is 8.42 Å². The van der Waals surface area contributed by atoms with Crippen LogP contribution in [-0.2, 0) is 34.4 Å². The SMILES string of the molecule is COc1ccc(CN(Cc2ccc(OC)cc2)S(=O)(=O)c2c(SC([C@@H](O)COC(N)=O)C(C)(C)C)ccc(I)c2-c2nnn(Cc3ccc(OC)cc3)n2)cc1. The fourth-order valence-corrected chi connectivity index (χ4v) is 10.1. The van der Waals surface area contributed by atoms with Crippen LogP contribution in [0.5, 0.6) is 17.2 Å². The van der Waals surface area contributed by atoms with Gasteiger partial charge in [-0.05, 0) is 98.4 Å². The summed E-state index contributed by atoms with van der Waals surface area (Å²) in [4.78, 5) is 13.2. The van der Waals surface area contributed by atoms with E-state index in [1.54, 1.807) is 57.7 Å². The quantitative estimate of drug-likeness (QED) is 0.0779. The third-order valence-electron chi connectivity index (χ3n) is 8.72. The minimum Gasteiger partial charge on any atom is -0.497 e. The van der Waals surface area contributed by atoms with Crippen LogP contribution in [0.3, 0.4) is 0 Å². The molecular formula is C39H45IN6O8S2. The number of benzene rings is 4. The number of sulfonamides is 1. The molecule has 17 heteroatoms. The number of hydrogen-bond acceptors (Lipinski definition) is 12. The molecule has 0 aliphatic carbocycles. The number of halogens is 1. The molecule has 0 aliphatic heterocycles. The van der Waals surface area contributed by atoms with Gasteiger partial charge in [-0.2, -0.15) is 9.10 Å². The van der Waals surface area contributed by atoms with Crippen LogP contribution >= 0.6 is 34.4 Å². The number of tetrazole rings is 1. The van der Waals surface area contributed by atoms with Gasteiger partial charge in [-0.25, -0.2) is 13.2 Å². The predicted molar refractivity (Wildman–Crippen MR) is 221 cm³/mol. The van der Waals surface area contributed by atoms with Gasteiger partial charge in [-0.15, -0.1) is 22.0 Å². The number of thioether (sulfide) groups is 1. The highest BCUT2D eigenvalue weighted by molar-refractivity contribution is 14.1. The maximum absolute atomic E-state index is 15.5. The molecule has 0 bridgehead atoms. The third-order valence-corrected chi connectivity index (χ3v) is 13.5. The number of carbonyl (C=O) groups is 1. The number of aliphatic hydroxyl groups excluding tert-OH is 1. The Morgan fingerprint density at radius 2 is 1.36 bits per heavy atom. The van der Waals surface area contributed by atoms with Gasteiger partial charge in [0.15, 0.2) is 0 Å². The molecule has 1 aromatic heterocycles. The van der Waals surface area contributed by atoms with E-state index in [0.29, 0.717) is 25.7 Å². The molecule has 3 N–H and O–H groups in total. The average molecular weight is 917 g/mol. The van der Waals surface area contributed by atoms with Crippen molar-refractivity contribution in [2.75, 3.05) is 27.9 Å². The number of ether oxygens (including phenoxy) is 4. The molecule has 2 atom stereocenters. The molecule has 0 radical (unpaired) electrons. The topological polar surface area (TPSA) is 181 Å². The van der Waals surface area contributed by atoms with Crippen molar-refractivity contribution in [2.45, 2.75) is 61.6 Å². The van der Waals surface area contributed by atoms with Crippen molar-refractivity contribution >= 4 is 50.5 Å². The van der Waals surface area contributed by atoms with Gasteiger partial charge in [0, 0.05) is 26.8 Å². The molecule has 0 aliphatic rings. The summed E-state index contributed by atoms with van der Waals surface area (Å²) in [6.07, 6.45) is -2.23. The Labute approximate surface area is 344 Å². The smallest absolute Gasteiger partial charge is 0.404 e. The minimum absolute atomic E-state index is 0.00272. The van der Waals surface area contributed by atoms with Gasteiger partial charge in [0.2, 0.25) is 15.8 Å². The first-order valence-corrected chi connectivity index (χ1v) is 20.8. The maximum Gasteiger partial charge on any atom is 0.404 e. The van der Waals surface area contributed by atoms with E-state index in [0.717, 1.165) is 28.5 Å². The number of hydrogen-bond donors (Lipinski definition) is 2. The number of carbonyl (C=O) groups excluding carboxylic acids is 1. The highest BCUT2D eigenvalue weighted by Crippen LogP contribution is 2.45. The normalized spacial score (nSPS) is 12.9. The lowest BCUT2D eigenvalue weighted by molar-refractivity contribution is 0.0530. The van der Waals surface area contributed by atoms with Crippen LogP contribution in [0.1, 0.15) is 37.5 Å². The van der Waals surface area contributed by atoms with E-state index in [9.17, 15) is 9.90 Å². The highest BCUT2D eigenvalue weighted by atomic mass is 127. The molecular weight excluding hydrogens is 872 g/mol. The second-order valence-electron chi connectivity index (χ2n) is 13.8. The van der Waals surface area contributed by atoms with Crippen LogP contribution in [0.2, 0.25) is 0 Å². The van der Waals surface area contributed by atoms with Gasteiger partial charge in [-0.1, -0.05) is 57.2 Å². The zero-order valence-electron chi connectivity index (χ0n) is 31.9. The summed E-state index contributed by atoms with van der Waals surface area (Å²) in [5.41, 5.74) is 7.20. The van der Waals surface area contributed by atoms with Crippen molar-refractivity contribution in [3.63, 3.8) is 0 Å². The predicted octanol–water partition coefficient (Wildman–Crippen LogP) is 6.37. The van der Waals surface area contributed by atoms with E-state index in [1.807, 2.05) is 69.3 Å². The number of aromatic nitrogens is 4. The Bertz CT molecular complexity index is 2150. The zero-order chi connectivity index (χ0) is 40.6. The first kappa shape index (κ1) is 42.7. The molecule has 1 amide bonds. The van der Waals surface area contributed by atoms with Crippen LogP contribution in [0.4, 0.5) is 4.79 Å². The van der Waals surface area contributed by atoms with E-state index in [-0.39, 0.29) is 42.5 Å². The van der Waals surface area contributed by atoms with Gasteiger partial charge in [0.25, 0.3) is 0 Å². The number of nitrogens with zero attached hydrogens (tertiary/aromatic N) is 5. The van der Waals surface area contributed by atoms with E-state index < -0.39 is 32.9 Å². The summed E-state index contributed by atoms with van der Waals surface area (Å²) in [6.45, 7) is 5.62. The van der Waals surface area contributed by atoms with E-state index in [1.165, 1.54) is 9.10 Å². The number of primary amides is 1. The Hall–Kier alpha value is -4.43. The maximum atomic E-state index is 15.5. The number of amides is 1. The van der Waals surface area contributed by atoms with Gasteiger partial charge in [-0.3, -0.25) is 0 Å². The van der Waals surface area contributed by atoms with E-state index in [2.05, 4.69) is 38.0 Å². The molecule has 5 aromatic rings. The van der Waals surface area contributed by atoms with Crippen LogP contribution in [0.15, 0.2) is 94.7 Å².